The number of fused-ring (bicyclic) bond motifs is 1. The van der Waals surface area contributed by atoms with E-state index in [9.17, 15) is 4.79 Å². The van der Waals surface area contributed by atoms with Gasteiger partial charge in [0, 0.05) is 12.0 Å². The molecule has 1 aromatic rings. The predicted molar refractivity (Wildman–Crippen MR) is 64.2 cm³/mol. The summed E-state index contributed by atoms with van der Waals surface area (Å²) in [6.45, 7) is 4.37. The molecule has 0 bridgehead atoms. The fourth-order valence-corrected chi connectivity index (χ4v) is 1.96. The Kier molecular flexibility index (Phi) is 2.96. The van der Waals surface area contributed by atoms with Crippen molar-refractivity contribution < 1.29 is 14.3 Å². The minimum Gasteiger partial charge on any atom is -0.489 e. The zero-order valence-corrected chi connectivity index (χ0v) is 10.2. The molecule has 0 aromatic heterocycles. The molecule has 0 atom stereocenters. The molecule has 1 aliphatic heterocycles. The molecule has 2 N–H and O–H groups in total. The third-order valence-corrected chi connectivity index (χ3v) is 2.66. The van der Waals surface area contributed by atoms with E-state index in [-0.39, 0.29) is 24.5 Å². The summed E-state index contributed by atoms with van der Waals surface area (Å²) in [5.74, 6) is 1.12. The average molecular weight is 235 g/mol. The third-order valence-electron chi connectivity index (χ3n) is 2.66. The number of hydrogen-bond acceptors (Lipinski definition) is 3. The maximum absolute atomic E-state index is 10.6. The second-order valence-electron chi connectivity index (χ2n) is 4.85. The van der Waals surface area contributed by atoms with Gasteiger partial charge in [-0.3, -0.25) is 4.79 Å². The molecule has 4 heteroatoms. The highest BCUT2D eigenvalue weighted by Crippen LogP contribution is 2.41. The summed E-state index contributed by atoms with van der Waals surface area (Å²) in [5, 5.41) is 0. The quantitative estimate of drug-likeness (QED) is 0.863. The second kappa shape index (κ2) is 4.28. The molecule has 17 heavy (non-hydrogen) atoms. The van der Waals surface area contributed by atoms with Crippen LogP contribution in [0.4, 0.5) is 0 Å². The van der Waals surface area contributed by atoms with E-state index in [1.807, 2.05) is 32.0 Å². The number of nitrogens with two attached hydrogens (primary N) is 1. The van der Waals surface area contributed by atoms with Crippen molar-refractivity contribution in [1.29, 1.82) is 0 Å². The smallest absolute Gasteiger partial charge is 0.220 e. The molecule has 2 rings (SSSR count). The molecule has 1 heterocycles. The number of amides is 1. The highest BCUT2D eigenvalue weighted by atomic mass is 16.5. The Balaban J connectivity index is 2.10. The Morgan fingerprint density at radius 1 is 1.53 bits per heavy atom. The van der Waals surface area contributed by atoms with Crippen molar-refractivity contribution in [1.82, 2.24) is 0 Å². The van der Waals surface area contributed by atoms with Crippen LogP contribution in [0, 0.1) is 0 Å². The molecule has 92 valence electrons. The first kappa shape index (κ1) is 11.8. The van der Waals surface area contributed by atoms with Gasteiger partial charge in [-0.25, -0.2) is 0 Å². The summed E-state index contributed by atoms with van der Waals surface area (Å²) in [6, 6.07) is 5.81. The number of hydrogen-bond donors (Lipinski definition) is 1. The number of carbonyl (C=O) groups excluding carboxylic acids is 1. The van der Waals surface area contributed by atoms with Gasteiger partial charge in [-0.2, -0.15) is 0 Å². The van der Waals surface area contributed by atoms with Crippen LogP contribution in [0.5, 0.6) is 11.5 Å². The fraction of sp³-hybridized carbons (Fsp3) is 0.462. The lowest BCUT2D eigenvalue weighted by atomic mass is 10.0. The largest absolute Gasteiger partial charge is 0.489 e. The second-order valence-corrected chi connectivity index (χ2v) is 4.85. The normalized spacial score (nSPS) is 16.1. The van der Waals surface area contributed by atoms with Crippen molar-refractivity contribution in [2.24, 2.45) is 5.73 Å². The lowest BCUT2D eigenvalue weighted by Gasteiger charge is -2.18. The van der Waals surface area contributed by atoms with Gasteiger partial charge < -0.3 is 15.2 Å². The van der Waals surface area contributed by atoms with E-state index >= 15 is 0 Å². The first-order valence-corrected chi connectivity index (χ1v) is 5.70. The van der Waals surface area contributed by atoms with Gasteiger partial charge in [0.25, 0.3) is 0 Å². The van der Waals surface area contributed by atoms with Crippen molar-refractivity contribution in [3.8, 4) is 11.5 Å². The van der Waals surface area contributed by atoms with Gasteiger partial charge in [0.1, 0.15) is 5.60 Å². The van der Waals surface area contributed by atoms with Crippen LogP contribution in [0.15, 0.2) is 18.2 Å². The average Bonchev–Trinajstić information content (AvgIpc) is 2.52. The summed E-state index contributed by atoms with van der Waals surface area (Å²) in [7, 11) is 0. The van der Waals surface area contributed by atoms with Gasteiger partial charge in [0.15, 0.2) is 11.5 Å². The van der Waals surface area contributed by atoms with Crippen LogP contribution in [0.2, 0.25) is 0 Å². The fourth-order valence-electron chi connectivity index (χ4n) is 1.96. The van der Waals surface area contributed by atoms with Crippen LogP contribution < -0.4 is 15.2 Å². The monoisotopic (exact) mass is 235 g/mol. The number of para-hydroxylation sites is 1. The van der Waals surface area contributed by atoms with Gasteiger partial charge in [0.05, 0.1) is 13.0 Å². The maximum Gasteiger partial charge on any atom is 0.220 e. The highest BCUT2D eigenvalue weighted by molar-refractivity contribution is 5.73. The van der Waals surface area contributed by atoms with Gasteiger partial charge >= 0.3 is 0 Å². The first-order valence-electron chi connectivity index (χ1n) is 5.70. The number of rotatable bonds is 4. The van der Waals surface area contributed by atoms with Crippen molar-refractivity contribution >= 4 is 5.91 Å². The van der Waals surface area contributed by atoms with E-state index in [1.54, 1.807) is 0 Å². The summed E-state index contributed by atoms with van der Waals surface area (Å²) >= 11 is 0. The first-order chi connectivity index (χ1) is 7.98. The lowest BCUT2D eigenvalue weighted by Crippen LogP contribution is -2.24. The molecule has 0 fully saturated rings. The Labute approximate surface area is 101 Å². The molecule has 0 saturated heterocycles. The summed E-state index contributed by atoms with van der Waals surface area (Å²) in [4.78, 5) is 10.6. The summed E-state index contributed by atoms with van der Waals surface area (Å²) < 4.78 is 11.4. The Bertz CT molecular complexity index is 440. The van der Waals surface area contributed by atoms with Crippen molar-refractivity contribution in [3.05, 3.63) is 23.8 Å². The van der Waals surface area contributed by atoms with E-state index in [4.69, 9.17) is 15.2 Å². The zero-order valence-electron chi connectivity index (χ0n) is 10.2. The number of benzene rings is 1. The minimum absolute atomic E-state index is 0.189. The summed E-state index contributed by atoms with van der Waals surface area (Å²) in [5.41, 5.74) is 6.02. The number of primary amides is 1. The SMILES string of the molecule is CC1(C)Cc2cccc(OCCC(N)=O)c2O1. The van der Waals surface area contributed by atoms with Gasteiger partial charge in [-0.05, 0) is 19.9 Å². The van der Waals surface area contributed by atoms with E-state index in [0.717, 1.165) is 17.7 Å². The molecular formula is C13H17NO3. The lowest BCUT2D eigenvalue weighted by molar-refractivity contribution is -0.118. The van der Waals surface area contributed by atoms with Crippen LogP contribution in [0.1, 0.15) is 25.8 Å². The molecular weight excluding hydrogens is 218 g/mol. The third kappa shape index (κ3) is 2.70. The van der Waals surface area contributed by atoms with E-state index in [1.165, 1.54) is 0 Å². The predicted octanol–water partition coefficient (Wildman–Crippen LogP) is 1.65. The van der Waals surface area contributed by atoms with E-state index in [0.29, 0.717) is 5.75 Å². The molecule has 4 nitrogen and oxygen atoms in total. The van der Waals surface area contributed by atoms with Crippen LogP contribution in [-0.2, 0) is 11.2 Å². The van der Waals surface area contributed by atoms with Crippen molar-refractivity contribution in [2.75, 3.05) is 6.61 Å². The molecule has 0 aliphatic carbocycles. The minimum atomic E-state index is -0.362. The number of carbonyl (C=O) groups is 1. The highest BCUT2D eigenvalue weighted by Gasteiger charge is 2.32. The van der Waals surface area contributed by atoms with Crippen LogP contribution >= 0.6 is 0 Å². The van der Waals surface area contributed by atoms with Crippen LogP contribution in [-0.4, -0.2) is 18.1 Å². The van der Waals surface area contributed by atoms with Gasteiger partial charge in [-0.1, -0.05) is 12.1 Å². The Hall–Kier alpha value is -1.71. The molecule has 1 aromatic carbocycles. The molecule has 1 amide bonds. The van der Waals surface area contributed by atoms with Crippen LogP contribution in [0.3, 0.4) is 0 Å². The van der Waals surface area contributed by atoms with Gasteiger partial charge in [0.2, 0.25) is 5.91 Å². The van der Waals surface area contributed by atoms with E-state index < -0.39 is 0 Å². The maximum atomic E-state index is 10.6. The molecule has 0 radical (unpaired) electrons. The standard InChI is InChI=1S/C13H17NO3/c1-13(2)8-9-4-3-5-10(12(9)17-13)16-7-6-11(14)15/h3-5H,6-8H2,1-2H3,(H2,14,15). The summed E-state index contributed by atoms with van der Waals surface area (Å²) in [6.07, 6.45) is 1.09. The topological polar surface area (TPSA) is 61.5 Å². The Morgan fingerprint density at radius 2 is 2.29 bits per heavy atom. The van der Waals surface area contributed by atoms with Crippen molar-refractivity contribution in [3.63, 3.8) is 0 Å². The number of ether oxygens (including phenoxy) is 2. The van der Waals surface area contributed by atoms with Crippen molar-refractivity contribution in [2.45, 2.75) is 32.3 Å². The molecule has 1 aliphatic rings. The van der Waals surface area contributed by atoms with Gasteiger partial charge in [-0.15, -0.1) is 0 Å². The molecule has 0 spiro atoms. The van der Waals surface area contributed by atoms with E-state index in [2.05, 4.69) is 0 Å². The Morgan fingerprint density at radius 3 is 3.00 bits per heavy atom. The zero-order chi connectivity index (χ0) is 12.5. The molecule has 0 unspecified atom stereocenters. The molecule has 0 saturated carbocycles. The van der Waals surface area contributed by atoms with Crippen LogP contribution in [0.25, 0.3) is 0 Å².